The summed E-state index contributed by atoms with van der Waals surface area (Å²) in [5.74, 6) is 1.48. The molecule has 178 valence electrons. The molecule has 0 fully saturated rings. The lowest BCUT2D eigenvalue weighted by Gasteiger charge is -2.15. The Morgan fingerprint density at radius 2 is 1.55 bits per heavy atom. The summed E-state index contributed by atoms with van der Waals surface area (Å²) in [5, 5.41) is 5.45. The number of hydrogen-bond acceptors (Lipinski definition) is 4. The minimum absolute atomic E-state index is 0.485. The molecule has 0 spiro atoms. The molecule has 0 aliphatic carbocycles. The summed E-state index contributed by atoms with van der Waals surface area (Å²) >= 11 is 3.48. The van der Waals surface area contributed by atoms with Crippen LogP contribution < -0.4 is 4.74 Å². The molecular weight excluding hydrogens is 488 g/mol. The maximum atomic E-state index is 5.75. The molecule has 0 bridgehead atoms. The molecule has 0 aliphatic rings. The summed E-state index contributed by atoms with van der Waals surface area (Å²) in [6.45, 7) is 21.7. The van der Waals surface area contributed by atoms with Gasteiger partial charge in [0, 0.05) is 47.4 Å². The van der Waals surface area contributed by atoms with Crippen LogP contribution in [0.4, 0.5) is 0 Å². The minimum Gasteiger partial charge on any atom is -0.495 e. The van der Waals surface area contributed by atoms with Gasteiger partial charge in [-0.05, 0) is 40.0 Å². The van der Waals surface area contributed by atoms with Crippen LogP contribution in [0.1, 0.15) is 13.8 Å². The molecule has 1 aromatic heterocycles. The first-order chi connectivity index (χ1) is 14.3. The Hall–Kier alpha value is -0.676. The first kappa shape index (κ1) is 28.4. The highest BCUT2D eigenvalue weighted by molar-refractivity contribution is 9.10. The van der Waals surface area contributed by atoms with Crippen LogP contribution in [0.25, 0.3) is 10.9 Å². The van der Waals surface area contributed by atoms with Crippen molar-refractivity contribution in [2.45, 2.75) is 71.9 Å². The molecule has 5 nitrogen and oxygen atoms in total. The van der Waals surface area contributed by atoms with Crippen LogP contribution >= 0.6 is 15.9 Å². The number of rotatable bonds is 11. The molecule has 0 radical (unpaired) electrons. The molecule has 2 rings (SSSR count). The fourth-order valence-electron chi connectivity index (χ4n) is 2.57. The van der Waals surface area contributed by atoms with Gasteiger partial charge < -0.3 is 14.2 Å². The zero-order valence-corrected chi connectivity index (χ0v) is 24.6. The van der Waals surface area contributed by atoms with E-state index in [1.807, 2.05) is 23.0 Å². The van der Waals surface area contributed by atoms with Crippen molar-refractivity contribution >= 4 is 43.0 Å². The SMILES string of the molecule is CC(C)COCC[Si](C)(C)C.COc1cc2c(cnn2COCC[Si](C)(C)C)cc1Br. The zero-order chi connectivity index (χ0) is 23.7. The Bertz CT molecular complexity index is 783. The number of aromatic nitrogens is 2. The second-order valence-electron chi connectivity index (χ2n) is 10.8. The molecule has 1 aromatic carbocycles. The van der Waals surface area contributed by atoms with E-state index in [1.54, 1.807) is 7.11 Å². The fraction of sp³-hybridized carbons (Fsp3) is 0.696. The Morgan fingerprint density at radius 3 is 2.06 bits per heavy atom. The van der Waals surface area contributed by atoms with E-state index in [9.17, 15) is 0 Å². The van der Waals surface area contributed by atoms with Gasteiger partial charge in [-0.1, -0.05) is 53.1 Å². The molecule has 0 amide bonds. The lowest BCUT2D eigenvalue weighted by atomic mass is 10.2. The van der Waals surface area contributed by atoms with E-state index in [4.69, 9.17) is 14.2 Å². The average Bonchev–Trinajstić information content (AvgIpc) is 3.02. The van der Waals surface area contributed by atoms with Crippen molar-refractivity contribution in [1.29, 1.82) is 0 Å². The van der Waals surface area contributed by atoms with Crippen LogP contribution in [0.3, 0.4) is 0 Å². The summed E-state index contributed by atoms with van der Waals surface area (Å²) in [5.41, 5.74) is 1.03. The first-order valence-electron chi connectivity index (χ1n) is 11.2. The zero-order valence-electron chi connectivity index (χ0n) is 21.0. The van der Waals surface area contributed by atoms with Gasteiger partial charge in [0.05, 0.1) is 23.3 Å². The number of halogens is 1. The van der Waals surface area contributed by atoms with E-state index in [0.29, 0.717) is 12.6 Å². The Morgan fingerprint density at radius 1 is 0.968 bits per heavy atom. The number of hydrogen-bond donors (Lipinski definition) is 0. The van der Waals surface area contributed by atoms with Gasteiger partial charge >= 0.3 is 0 Å². The van der Waals surface area contributed by atoms with Gasteiger partial charge in [-0.2, -0.15) is 5.10 Å². The van der Waals surface area contributed by atoms with E-state index in [1.165, 1.54) is 12.1 Å². The summed E-state index contributed by atoms with van der Waals surface area (Å²) < 4.78 is 19.4. The van der Waals surface area contributed by atoms with Gasteiger partial charge in [0.15, 0.2) is 0 Å². The number of ether oxygens (including phenoxy) is 3. The van der Waals surface area contributed by atoms with E-state index < -0.39 is 16.1 Å². The predicted octanol–water partition coefficient (Wildman–Crippen LogP) is 7.12. The third kappa shape index (κ3) is 12.2. The van der Waals surface area contributed by atoms with Crippen LogP contribution in [0.15, 0.2) is 22.8 Å². The van der Waals surface area contributed by atoms with Crippen LogP contribution in [0.2, 0.25) is 51.4 Å². The lowest BCUT2D eigenvalue weighted by Crippen LogP contribution is -2.22. The summed E-state index contributed by atoms with van der Waals surface area (Å²) in [7, 11) is -0.226. The number of fused-ring (bicyclic) bond motifs is 1. The third-order valence-electron chi connectivity index (χ3n) is 4.57. The molecule has 0 saturated heterocycles. The molecule has 8 heteroatoms. The standard InChI is InChI=1S/C14H21BrN2O2Si.C9H22OSi/c1-18-14-8-13-11(7-12(14)15)9-16-17(13)10-19-5-6-20(2,3)4;1-9(2)8-10-6-7-11(3,4)5/h7-9H,5-6,10H2,1-4H3;9H,6-8H2,1-5H3. The van der Waals surface area contributed by atoms with Crippen molar-refractivity contribution in [3.05, 3.63) is 22.8 Å². The van der Waals surface area contributed by atoms with E-state index in [-0.39, 0.29) is 0 Å². The first-order valence-corrected chi connectivity index (χ1v) is 19.4. The van der Waals surface area contributed by atoms with Crippen molar-refractivity contribution < 1.29 is 14.2 Å². The molecule has 1 heterocycles. The highest BCUT2D eigenvalue weighted by Crippen LogP contribution is 2.30. The number of nitrogens with zero attached hydrogens (tertiary/aromatic N) is 2. The largest absolute Gasteiger partial charge is 0.495 e. The van der Waals surface area contributed by atoms with Gasteiger partial charge in [-0.3, -0.25) is 0 Å². The molecule has 2 aromatic rings. The van der Waals surface area contributed by atoms with Crippen LogP contribution in [0, 0.1) is 5.92 Å². The van der Waals surface area contributed by atoms with Crippen molar-refractivity contribution in [3.8, 4) is 5.75 Å². The molecule has 0 saturated carbocycles. The monoisotopic (exact) mass is 530 g/mol. The number of benzene rings is 1. The average molecular weight is 532 g/mol. The van der Waals surface area contributed by atoms with Crippen molar-refractivity contribution in [3.63, 3.8) is 0 Å². The van der Waals surface area contributed by atoms with Gasteiger partial charge in [0.1, 0.15) is 12.5 Å². The van der Waals surface area contributed by atoms with E-state index >= 15 is 0 Å². The summed E-state index contributed by atoms with van der Waals surface area (Å²) in [6.07, 6.45) is 1.85. The highest BCUT2D eigenvalue weighted by atomic mass is 79.9. The van der Waals surface area contributed by atoms with Crippen molar-refractivity contribution in [2.24, 2.45) is 5.92 Å². The lowest BCUT2D eigenvalue weighted by molar-refractivity contribution is 0.0817. The minimum atomic E-state index is -1.04. The molecular formula is C23H43BrN2O3Si2. The van der Waals surface area contributed by atoms with Crippen LogP contribution in [-0.4, -0.2) is 52.9 Å². The predicted molar refractivity (Wildman–Crippen MR) is 142 cm³/mol. The van der Waals surface area contributed by atoms with Gasteiger partial charge in [0.25, 0.3) is 0 Å². The molecule has 31 heavy (non-hydrogen) atoms. The highest BCUT2D eigenvalue weighted by Gasteiger charge is 2.13. The Labute approximate surface area is 200 Å². The summed E-state index contributed by atoms with van der Waals surface area (Å²) in [6, 6.07) is 6.45. The molecule has 0 aliphatic heterocycles. The second kappa shape index (κ2) is 13.1. The quantitative estimate of drug-likeness (QED) is 0.229. The topological polar surface area (TPSA) is 45.5 Å². The van der Waals surface area contributed by atoms with E-state index in [2.05, 4.69) is 74.2 Å². The molecule has 0 unspecified atom stereocenters. The maximum absolute atomic E-state index is 5.75. The normalized spacial score (nSPS) is 12.2. The smallest absolute Gasteiger partial charge is 0.139 e. The Kier molecular flexibility index (Phi) is 12.0. The maximum Gasteiger partial charge on any atom is 0.139 e. The van der Waals surface area contributed by atoms with Gasteiger partial charge in [-0.25, -0.2) is 4.68 Å². The van der Waals surface area contributed by atoms with Crippen LogP contribution in [-0.2, 0) is 16.2 Å². The molecule has 0 atom stereocenters. The second-order valence-corrected chi connectivity index (χ2v) is 22.9. The number of methoxy groups -OCH3 is 1. The van der Waals surface area contributed by atoms with E-state index in [0.717, 1.165) is 40.9 Å². The fourth-order valence-corrected chi connectivity index (χ4v) is 4.60. The third-order valence-corrected chi connectivity index (χ3v) is 8.60. The van der Waals surface area contributed by atoms with Gasteiger partial charge in [0.2, 0.25) is 0 Å². The van der Waals surface area contributed by atoms with Crippen LogP contribution in [0.5, 0.6) is 5.75 Å². The summed E-state index contributed by atoms with van der Waals surface area (Å²) in [4.78, 5) is 0. The molecule has 0 N–H and O–H groups in total. The van der Waals surface area contributed by atoms with Crippen molar-refractivity contribution in [1.82, 2.24) is 9.78 Å². The van der Waals surface area contributed by atoms with Gasteiger partial charge in [-0.15, -0.1) is 0 Å². The van der Waals surface area contributed by atoms with Crippen molar-refractivity contribution in [2.75, 3.05) is 26.9 Å². The Balaban J connectivity index is 0.000000373.